The number of halogens is 2. The van der Waals surface area contributed by atoms with E-state index >= 15 is 0 Å². The van der Waals surface area contributed by atoms with E-state index in [1.807, 2.05) is 0 Å². The molecule has 5 nitrogen and oxygen atoms in total. The van der Waals surface area contributed by atoms with E-state index < -0.39 is 0 Å². The van der Waals surface area contributed by atoms with Gasteiger partial charge in [0.05, 0.1) is 23.6 Å². The number of hydrogen-bond donors (Lipinski definition) is 0. The number of nitrogens with zero attached hydrogens (tertiary/aromatic N) is 2. The first-order valence-corrected chi connectivity index (χ1v) is 8.24. The fraction of sp³-hybridized carbons (Fsp3) is 0.357. The monoisotopic (exact) mass is 358 g/mol. The van der Waals surface area contributed by atoms with Crippen LogP contribution in [0.1, 0.15) is 12.8 Å². The van der Waals surface area contributed by atoms with Crippen LogP contribution in [-0.2, 0) is 9.53 Å². The van der Waals surface area contributed by atoms with Crippen molar-refractivity contribution in [2.45, 2.75) is 23.3 Å². The lowest BCUT2D eigenvalue weighted by atomic mass is 9.85. The van der Waals surface area contributed by atoms with Gasteiger partial charge in [-0.2, -0.15) is 0 Å². The number of carbonyl (C=O) groups is 1. The van der Waals surface area contributed by atoms with Gasteiger partial charge in [0.1, 0.15) is 0 Å². The largest absolute Gasteiger partial charge is 0.469 e. The Morgan fingerprint density at radius 2 is 2.14 bits per heavy atom. The molecule has 0 unspecified atom stereocenters. The highest BCUT2D eigenvalue weighted by molar-refractivity contribution is 7.99. The maximum atomic E-state index is 11.3. The Hall–Kier alpha value is -1.24. The van der Waals surface area contributed by atoms with Gasteiger partial charge < -0.3 is 9.15 Å². The second-order valence-corrected chi connectivity index (χ2v) is 7.02. The van der Waals surface area contributed by atoms with Crippen molar-refractivity contribution in [1.29, 1.82) is 0 Å². The molecule has 0 saturated heterocycles. The molecule has 8 heteroatoms. The van der Waals surface area contributed by atoms with E-state index in [2.05, 4.69) is 10.2 Å². The number of ether oxygens (including phenoxy) is 1. The van der Waals surface area contributed by atoms with Gasteiger partial charge in [0.15, 0.2) is 0 Å². The van der Waals surface area contributed by atoms with Crippen LogP contribution in [0.3, 0.4) is 0 Å². The van der Waals surface area contributed by atoms with Crippen molar-refractivity contribution < 1.29 is 13.9 Å². The van der Waals surface area contributed by atoms with Crippen LogP contribution in [0, 0.1) is 5.92 Å². The van der Waals surface area contributed by atoms with Crippen LogP contribution in [-0.4, -0.2) is 28.5 Å². The van der Waals surface area contributed by atoms with Crippen molar-refractivity contribution in [2.24, 2.45) is 5.92 Å². The molecule has 1 aromatic carbocycles. The van der Waals surface area contributed by atoms with E-state index in [9.17, 15) is 4.79 Å². The van der Waals surface area contributed by atoms with Crippen molar-refractivity contribution in [3.63, 3.8) is 0 Å². The van der Waals surface area contributed by atoms with E-state index in [-0.39, 0.29) is 17.1 Å². The van der Waals surface area contributed by atoms with Gasteiger partial charge in [0, 0.05) is 10.3 Å². The van der Waals surface area contributed by atoms with Crippen LogP contribution in [0.5, 0.6) is 0 Å². The molecule has 0 atom stereocenters. The molecule has 0 radical (unpaired) electrons. The molecule has 1 saturated carbocycles. The highest BCUT2D eigenvalue weighted by Gasteiger charge is 2.36. The lowest BCUT2D eigenvalue weighted by molar-refractivity contribution is -0.148. The standard InChI is InChI=1S/C14H12Cl2N2O3S/c1-20-13(19)7-4-9(5-7)22-14-18-17-12(21-14)10-3-2-8(15)6-11(10)16/h2-3,6-7,9H,4-5H2,1H3/t7-,9-. The van der Waals surface area contributed by atoms with Gasteiger partial charge in [-0.3, -0.25) is 4.79 Å². The maximum absolute atomic E-state index is 11.3. The minimum atomic E-state index is -0.156. The molecule has 0 aliphatic heterocycles. The van der Waals surface area contributed by atoms with E-state index in [1.54, 1.807) is 18.2 Å². The van der Waals surface area contributed by atoms with Crippen LogP contribution >= 0.6 is 35.0 Å². The predicted molar refractivity (Wildman–Crippen MR) is 84.1 cm³/mol. The first-order valence-electron chi connectivity index (χ1n) is 6.60. The number of methoxy groups -OCH3 is 1. The average molecular weight is 359 g/mol. The summed E-state index contributed by atoms with van der Waals surface area (Å²) in [6.07, 6.45) is 1.52. The molecule has 1 aromatic heterocycles. The first-order chi connectivity index (χ1) is 10.6. The van der Waals surface area contributed by atoms with Gasteiger partial charge in [-0.1, -0.05) is 35.0 Å². The molecule has 0 amide bonds. The summed E-state index contributed by atoms with van der Waals surface area (Å²) >= 11 is 13.4. The lowest BCUT2D eigenvalue weighted by Gasteiger charge is -2.31. The number of thioether (sulfide) groups is 1. The number of benzene rings is 1. The third-order valence-electron chi connectivity index (χ3n) is 3.46. The minimum Gasteiger partial charge on any atom is -0.469 e. The second kappa shape index (κ2) is 6.48. The van der Waals surface area contributed by atoms with Crippen LogP contribution in [0.4, 0.5) is 0 Å². The molecule has 116 valence electrons. The Morgan fingerprint density at radius 1 is 1.36 bits per heavy atom. The SMILES string of the molecule is COC(=O)[C@H]1C[C@H](Sc2nnc(-c3ccc(Cl)cc3Cl)o2)C1. The molecule has 0 spiro atoms. The Labute approximate surface area is 141 Å². The molecule has 1 heterocycles. The fourth-order valence-electron chi connectivity index (χ4n) is 2.19. The van der Waals surface area contributed by atoms with Gasteiger partial charge in [-0.15, -0.1) is 10.2 Å². The smallest absolute Gasteiger partial charge is 0.308 e. The number of carbonyl (C=O) groups excluding carboxylic acids is 1. The van der Waals surface area contributed by atoms with E-state index in [0.29, 0.717) is 26.7 Å². The molecular formula is C14H12Cl2N2O3S. The Balaban J connectivity index is 1.64. The van der Waals surface area contributed by atoms with E-state index in [1.165, 1.54) is 18.9 Å². The van der Waals surface area contributed by atoms with E-state index in [4.69, 9.17) is 32.4 Å². The maximum Gasteiger partial charge on any atom is 0.308 e. The third kappa shape index (κ3) is 3.24. The van der Waals surface area contributed by atoms with Gasteiger partial charge in [-0.05, 0) is 31.0 Å². The number of esters is 1. The normalized spacial score (nSPS) is 20.5. The molecular weight excluding hydrogens is 347 g/mol. The van der Waals surface area contributed by atoms with E-state index in [0.717, 1.165) is 12.8 Å². The molecule has 1 aliphatic carbocycles. The van der Waals surface area contributed by atoms with Crippen molar-refractivity contribution in [1.82, 2.24) is 10.2 Å². The summed E-state index contributed by atoms with van der Waals surface area (Å²) in [6.45, 7) is 0. The number of rotatable bonds is 4. The Bertz CT molecular complexity index is 701. The molecule has 22 heavy (non-hydrogen) atoms. The average Bonchev–Trinajstić information content (AvgIpc) is 2.90. The second-order valence-electron chi connectivity index (χ2n) is 4.93. The van der Waals surface area contributed by atoms with Crippen molar-refractivity contribution in [3.05, 3.63) is 28.2 Å². The minimum absolute atomic E-state index is 0.0180. The van der Waals surface area contributed by atoms with Gasteiger partial charge in [0.25, 0.3) is 5.22 Å². The summed E-state index contributed by atoms with van der Waals surface area (Å²) in [6, 6.07) is 5.08. The Morgan fingerprint density at radius 3 is 2.82 bits per heavy atom. The zero-order valence-electron chi connectivity index (χ0n) is 11.6. The topological polar surface area (TPSA) is 65.2 Å². The van der Waals surface area contributed by atoms with Crippen molar-refractivity contribution in [2.75, 3.05) is 7.11 Å². The lowest BCUT2D eigenvalue weighted by Crippen LogP contribution is -2.33. The van der Waals surface area contributed by atoms with Gasteiger partial charge in [-0.25, -0.2) is 0 Å². The summed E-state index contributed by atoms with van der Waals surface area (Å²) in [7, 11) is 1.41. The summed E-state index contributed by atoms with van der Waals surface area (Å²) in [5.41, 5.74) is 0.645. The van der Waals surface area contributed by atoms with Crippen molar-refractivity contribution in [3.8, 4) is 11.5 Å². The molecule has 0 N–H and O–H groups in total. The first kappa shape index (κ1) is 15.6. The van der Waals surface area contributed by atoms with Crippen LogP contribution in [0.15, 0.2) is 27.8 Å². The van der Waals surface area contributed by atoms with Gasteiger partial charge in [0.2, 0.25) is 5.89 Å². The molecule has 3 rings (SSSR count). The van der Waals surface area contributed by atoms with Crippen LogP contribution < -0.4 is 0 Å². The fourth-order valence-corrected chi connectivity index (χ4v) is 3.84. The third-order valence-corrected chi connectivity index (χ3v) is 5.10. The van der Waals surface area contributed by atoms with Crippen LogP contribution in [0.25, 0.3) is 11.5 Å². The summed E-state index contributed by atoms with van der Waals surface area (Å²) in [4.78, 5) is 11.3. The molecule has 2 aromatic rings. The Kier molecular flexibility index (Phi) is 4.61. The van der Waals surface area contributed by atoms with Gasteiger partial charge >= 0.3 is 5.97 Å². The number of hydrogen-bond acceptors (Lipinski definition) is 6. The highest BCUT2D eigenvalue weighted by Crippen LogP contribution is 2.41. The summed E-state index contributed by atoms with van der Waals surface area (Å²) in [5.74, 6) is 0.180. The highest BCUT2D eigenvalue weighted by atomic mass is 35.5. The van der Waals surface area contributed by atoms with Crippen LogP contribution in [0.2, 0.25) is 10.0 Å². The molecule has 1 fully saturated rings. The number of aromatic nitrogens is 2. The summed E-state index contributed by atoms with van der Waals surface area (Å²) in [5, 5.41) is 9.77. The quantitative estimate of drug-likeness (QED) is 0.767. The zero-order valence-corrected chi connectivity index (χ0v) is 13.9. The molecule has 1 aliphatic rings. The zero-order chi connectivity index (χ0) is 15.7. The predicted octanol–water partition coefficient (Wildman–Crippen LogP) is 4.09. The van der Waals surface area contributed by atoms with Crippen molar-refractivity contribution >= 4 is 40.9 Å². The summed E-state index contributed by atoms with van der Waals surface area (Å²) < 4.78 is 10.3. The molecule has 0 bridgehead atoms.